The van der Waals surface area contributed by atoms with E-state index in [0.717, 1.165) is 63.7 Å². The number of Topliss-reactive ketones (excluding diaryl/α,β-unsaturated/α-hetero) is 2. The van der Waals surface area contributed by atoms with Crippen LogP contribution in [0.3, 0.4) is 0 Å². The Morgan fingerprint density at radius 3 is 1.89 bits per heavy atom. The van der Waals surface area contributed by atoms with Crippen LogP contribution in [0.4, 0.5) is 4.79 Å². The van der Waals surface area contributed by atoms with E-state index in [4.69, 9.17) is 5.73 Å². The molecule has 2 aliphatic carbocycles. The van der Waals surface area contributed by atoms with Crippen LogP contribution in [0.15, 0.2) is 12.7 Å². The number of urea groups is 1. The summed E-state index contributed by atoms with van der Waals surface area (Å²) in [6.07, 6.45) is 11.9. The fourth-order valence-electron chi connectivity index (χ4n) is 5.06. The normalized spacial score (nSPS) is 21.0. The number of amides is 3. The quantitative estimate of drug-likeness (QED) is 0.101. The molecule has 0 aromatic carbocycles. The third kappa shape index (κ3) is 20.8. The number of carbonyl (C=O) groups excluding carboxylic acids is 6. The van der Waals surface area contributed by atoms with Crippen molar-refractivity contribution in [1.82, 2.24) is 20.9 Å². The maximum atomic E-state index is 13.3. The molecule has 0 bridgehead atoms. The number of piperidine rings is 1. The van der Waals surface area contributed by atoms with Crippen LogP contribution in [0.2, 0.25) is 0 Å². The van der Waals surface area contributed by atoms with E-state index in [1.807, 2.05) is 27.0 Å². The van der Waals surface area contributed by atoms with Crippen LogP contribution in [-0.4, -0.2) is 85.3 Å². The number of carbonyl (C=O) groups is 6. The van der Waals surface area contributed by atoms with Gasteiger partial charge in [-0.15, -0.1) is 6.58 Å². The topological polar surface area (TPSA) is 168 Å². The molecule has 3 rings (SSSR count). The monoisotopic (exact) mass is 666 g/mol. The predicted octanol–water partition coefficient (Wildman–Crippen LogP) is 4.61. The highest BCUT2D eigenvalue weighted by Gasteiger charge is 2.56. The van der Waals surface area contributed by atoms with Gasteiger partial charge in [-0.2, -0.15) is 0 Å². The zero-order chi connectivity index (χ0) is 36.5. The number of fused-ring (bicyclic) bond motifs is 1. The van der Waals surface area contributed by atoms with Crippen molar-refractivity contribution in [3.05, 3.63) is 12.7 Å². The van der Waals surface area contributed by atoms with Gasteiger partial charge in [0.25, 0.3) is 0 Å². The minimum Gasteiger partial charge on any atom is -0.336 e. The van der Waals surface area contributed by atoms with Gasteiger partial charge in [0.2, 0.25) is 11.7 Å². The predicted molar refractivity (Wildman–Crippen MR) is 190 cm³/mol. The van der Waals surface area contributed by atoms with E-state index >= 15 is 0 Å². The van der Waals surface area contributed by atoms with Gasteiger partial charge < -0.3 is 31.4 Å². The molecule has 11 heteroatoms. The van der Waals surface area contributed by atoms with Crippen LogP contribution >= 0.6 is 0 Å². The highest BCUT2D eigenvalue weighted by Crippen LogP contribution is 2.50. The molecule has 0 radical (unpaired) electrons. The summed E-state index contributed by atoms with van der Waals surface area (Å²) in [6.45, 7) is 20.5. The van der Waals surface area contributed by atoms with Gasteiger partial charge in [0, 0.05) is 25.6 Å². The average Bonchev–Trinajstić information content (AvgIpc) is 3.70. The Bertz CT molecular complexity index is 932. The summed E-state index contributed by atoms with van der Waals surface area (Å²) in [5, 5.41) is 8.71. The number of hydrogen-bond acceptors (Lipinski definition) is 8. The second kappa shape index (κ2) is 27.1. The van der Waals surface area contributed by atoms with Crippen LogP contribution in [0.1, 0.15) is 113 Å². The number of ketones is 2. The molecule has 0 spiro atoms. The zero-order valence-corrected chi connectivity index (χ0v) is 30.8. The molecule has 1 heterocycles. The highest BCUT2D eigenvalue weighted by molar-refractivity contribution is 6.27. The van der Waals surface area contributed by atoms with Crippen LogP contribution in [0.25, 0.3) is 0 Å². The van der Waals surface area contributed by atoms with Crippen LogP contribution in [0.5, 0.6) is 0 Å². The fourth-order valence-corrected chi connectivity index (χ4v) is 5.06. The van der Waals surface area contributed by atoms with Crippen molar-refractivity contribution in [2.75, 3.05) is 20.1 Å². The third-order valence-corrected chi connectivity index (χ3v) is 7.88. The van der Waals surface area contributed by atoms with Gasteiger partial charge >= 0.3 is 6.03 Å². The molecule has 6 atom stereocenters. The number of nitrogens with two attached hydrogens (primary N) is 1. The Kier molecular flexibility index (Phi) is 26.6. The first kappa shape index (κ1) is 46.2. The lowest BCUT2D eigenvalue weighted by molar-refractivity contribution is -0.141. The Hall–Kier alpha value is -2.92. The number of allylic oxidation sites excluding steroid dienone is 1. The first-order valence-electron chi connectivity index (χ1n) is 17.5. The molecule has 47 heavy (non-hydrogen) atoms. The van der Waals surface area contributed by atoms with E-state index in [0.29, 0.717) is 24.8 Å². The summed E-state index contributed by atoms with van der Waals surface area (Å²) in [7, 11) is 1.82. The van der Waals surface area contributed by atoms with E-state index in [1.54, 1.807) is 11.8 Å². The minimum absolute atomic E-state index is 0.0522. The van der Waals surface area contributed by atoms with Crippen molar-refractivity contribution < 1.29 is 28.8 Å². The molecular weight excluding hydrogens is 598 g/mol. The molecule has 0 aromatic rings. The molecule has 3 amide bonds. The Morgan fingerprint density at radius 2 is 1.53 bits per heavy atom. The van der Waals surface area contributed by atoms with Gasteiger partial charge in [-0.05, 0) is 83.6 Å². The van der Waals surface area contributed by atoms with E-state index < -0.39 is 17.9 Å². The molecule has 1 saturated heterocycles. The van der Waals surface area contributed by atoms with Gasteiger partial charge in [0.1, 0.15) is 12.3 Å². The lowest BCUT2D eigenvalue weighted by atomic mass is 9.83. The fraction of sp³-hybridized carbons (Fsp3) is 0.778. The van der Waals surface area contributed by atoms with E-state index in [9.17, 15) is 28.8 Å². The Labute approximate surface area is 285 Å². The van der Waals surface area contributed by atoms with Gasteiger partial charge in [0.15, 0.2) is 12.1 Å². The third-order valence-electron chi connectivity index (χ3n) is 7.88. The number of rotatable bonds is 12. The van der Waals surface area contributed by atoms with Gasteiger partial charge in [-0.1, -0.05) is 60.0 Å². The van der Waals surface area contributed by atoms with Crippen molar-refractivity contribution in [2.45, 2.75) is 137 Å². The SMILES string of the molecule is C=CCC.CC(C)C.CC(N)C(=O)C=O.CCC(C)NC(=O)NC(C(=O)N1C[C@@H]2C[C@@H]2C1C(C)=O)C1CCCCC1.CNCCC=O. The van der Waals surface area contributed by atoms with Crippen molar-refractivity contribution in [3.8, 4) is 0 Å². The molecule has 5 N–H and O–H groups in total. The zero-order valence-electron chi connectivity index (χ0n) is 30.8. The van der Waals surface area contributed by atoms with Crippen LogP contribution in [-0.2, 0) is 24.0 Å². The number of nitrogens with one attached hydrogen (secondary N) is 3. The van der Waals surface area contributed by atoms with Crippen LogP contribution in [0, 0.1) is 23.7 Å². The van der Waals surface area contributed by atoms with Gasteiger partial charge in [-0.3, -0.25) is 19.2 Å². The summed E-state index contributed by atoms with van der Waals surface area (Å²) in [6, 6.07) is -1.64. The molecule has 3 aliphatic rings. The average molecular weight is 666 g/mol. The van der Waals surface area contributed by atoms with Crippen molar-refractivity contribution in [2.24, 2.45) is 29.4 Å². The maximum absolute atomic E-state index is 13.3. The first-order valence-corrected chi connectivity index (χ1v) is 17.5. The van der Waals surface area contributed by atoms with Crippen molar-refractivity contribution in [1.29, 1.82) is 0 Å². The molecule has 4 unspecified atom stereocenters. The second-order valence-corrected chi connectivity index (χ2v) is 13.3. The summed E-state index contributed by atoms with van der Waals surface area (Å²) in [5.41, 5.74) is 4.97. The largest absolute Gasteiger partial charge is 0.336 e. The highest BCUT2D eigenvalue weighted by atomic mass is 16.2. The molecule has 0 aromatic heterocycles. The number of nitrogens with zero attached hydrogens (tertiary/aromatic N) is 1. The van der Waals surface area contributed by atoms with E-state index in [2.05, 4.69) is 50.2 Å². The molecular formula is C36H67N5O6. The number of hydrogen-bond donors (Lipinski definition) is 4. The summed E-state index contributed by atoms with van der Waals surface area (Å²) >= 11 is 0. The summed E-state index contributed by atoms with van der Waals surface area (Å²) in [4.78, 5) is 68.7. The minimum atomic E-state index is -0.641. The first-order chi connectivity index (χ1) is 22.2. The van der Waals surface area contributed by atoms with Crippen LogP contribution < -0.4 is 21.7 Å². The molecule has 1 aliphatic heterocycles. The number of likely N-dealkylation sites (tertiary alicyclic amines) is 1. The summed E-state index contributed by atoms with van der Waals surface area (Å²) in [5.74, 6) is 1.30. The molecule has 272 valence electrons. The molecule has 11 nitrogen and oxygen atoms in total. The van der Waals surface area contributed by atoms with E-state index in [1.165, 1.54) is 13.3 Å². The summed E-state index contributed by atoms with van der Waals surface area (Å²) < 4.78 is 0. The van der Waals surface area contributed by atoms with Gasteiger partial charge in [0.05, 0.1) is 12.1 Å². The lowest BCUT2D eigenvalue weighted by Gasteiger charge is -2.35. The smallest absolute Gasteiger partial charge is 0.315 e. The maximum Gasteiger partial charge on any atom is 0.315 e. The van der Waals surface area contributed by atoms with Gasteiger partial charge in [-0.25, -0.2) is 4.79 Å². The van der Waals surface area contributed by atoms with Crippen molar-refractivity contribution in [3.63, 3.8) is 0 Å². The standard InChI is InChI=1S/C20H33N3O3.C4H7NO2.C4H9NO.C4H10.C4H8/c1-4-12(2)21-20(26)22-17(14-8-6-5-7-9-14)19(25)23-11-15-10-16(15)18(23)13(3)24;1-3(5)4(7)2-6;1-5-3-2-4-6;1-4(2)3;1-3-4-2/h12,14-18H,4-11H2,1-3H3,(H2,21,22,26);2-3H,5H2,1H3;4-5H,2-3H2,1H3;4H,1-3H3;3H,1,4H2,2H3/t12?,15-,16-,17?,18?;;;;/m0..../s1. The molecule has 3 fully saturated rings. The Morgan fingerprint density at radius 1 is 0.979 bits per heavy atom. The number of aldehydes is 2. The lowest BCUT2D eigenvalue weighted by Crippen LogP contribution is -2.57. The molecule has 2 saturated carbocycles. The van der Waals surface area contributed by atoms with E-state index in [-0.39, 0.29) is 42.0 Å². The van der Waals surface area contributed by atoms with Crippen molar-refractivity contribution >= 4 is 36.1 Å². The Balaban J connectivity index is 0. The second-order valence-electron chi connectivity index (χ2n) is 13.3.